The van der Waals surface area contributed by atoms with Crippen LogP contribution in [0.15, 0.2) is 24.7 Å². The SMILES string of the molecule is CCN(CC(C)C)C(=O)C(=O)Nc1cnc(N)c2cn[nH]c12.Cn1ncc2c1CCC=C2. The van der Waals surface area contributed by atoms with Crippen LogP contribution in [0.2, 0.25) is 0 Å². The summed E-state index contributed by atoms with van der Waals surface area (Å²) in [6.45, 7) is 6.83. The van der Waals surface area contributed by atoms with E-state index in [0.29, 0.717) is 35.5 Å². The molecule has 3 aromatic heterocycles. The number of nitrogens with zero attached hydrogens (tertiary/aromatic N) is 5. The second kappa shape index (κ2) is 10.1. The van der Waals surface area contributed by atoms with E-state index < -0.39 is 11.8 Å². The summed E-state index contributed by atoms with van der Waals surface area (Å²) in [6.07, 6.45) is 11.5. The van der Waals surface area contributed by atoms with E-state index in [2.05, 4.69) is 37.7 Å². The second-order valence-electron chi connectivity index (χ2n) is 8.02. The van der Waals surface area contributed by atoms with Crippen LogP contribution in [0.25, 0.3) is 17.0 Å². The van der Waals surface area contributed by atoms with E-state index in [4.69, 9.17) is 5.73 Å². The zero-order valence-corrected chi connectivity index (χ0v) is 18.9. The number of aromatic nitrogens is 5. The topological polar surface area (TPSA) is 135 Å². The molecule has 0 fully saturated rings. The first kappa shape index (κ1) is 23.0. The van der Waals surface area contributed by atoms with Gasteiger partial charge < -0.3 is 16.0 Å². The molecule has 32 heavy (non-hydrogen) atoms. The van der Waals surface area contributed by atoms with Crippen LogP contribution in [-0.2, 0) is 23.1 Å². The number of hydrogen-bond acceptors (Lipinski definition) is 6. The van der Waals surface area contributed by atoms with Crippen LogP contribution < -0.4 is 11.1 Å². The number of nitrogen functional groups attached to an aromatic ring is 1. The van der Waals surface area contributed by atoms with E-state index in [-0.39, 0.29) is 5.92 Å². The van der Waals surface area contributed by atoms with E-state index in [9.17, 15) is 9.59 Å². The Labute approximate surface area is 186 Å². The summed E-state index contributed by atoms with van der Waals surface area (Å²) in [5.41, 5.74) is 9.29. The van der Waals surface area contributed by atoms with Gasteiger partial charge in [-0.25, -0.2) is 4.98 Å². The largest absolute Gasteiger partial charge is 0.383 e. The number of H-pyrrole nitrogens is 1. The van der Waals surface area contributed by atoms with E-state index in [1.807, 2.05) is 38.7 Å². The first-order valence-corrected chi connectivity index (χ1v) is 10.7. The molecule has 1 aliphatic carbocycles. The number of aromatic amines is 1. The highest BCUT2D eigenvalue weighted by Crippen LogP contribution is 2.23. The van der Waals surface area contributed by atoms with Gasteiger partial charge in [-0.05, 0) is 25.7 Å². The van der Waals surface area contributed by atoms with Crippen molar-refractivity contribution in [3.8, 4) is 0 Å². The molecule has 0 bridgehead atoms. The van der Waals surface area contributed by atoms with Gasteiger partial charge in [0.2, 0.25) is 0 Å². The molecule has 0 saturated heterocycles. The van der Waals surface area contributed by atoms with Crippen LogP contribution in [-0.4, -0.2) is 54.8 Å². The van der Waals surface area contributed by atoms with E-state index >= 15 is 0 Å². The highest BCUT2D eigenvalue weighted by atomic mass is 16.2. The maximum atomic E-state index is 12.2. The second-order valence-corrected chi connectivity index (χ2v) is 8.02. The molecular formula is C22H30N8O2. The number of likely N-dealkylation sites (N-methyl/N-ethyl adjacent to an activating group) is 1. The summed E-state index contributed by atoms with van der Waals surface area (Å²) in [4.78, 5) is 29.8. The third-order valence-corrected chi connectivity index (χ3v) is 5.15. The normalized spacial score (nSPS) is 12.3. The quantitative estimate of drug-likeness (QED) is 0.535. The van der Waals surface area contributed by atoms with Gasteiger partial charge in [-0.3, -0.25) is 19.4 Å². The first-order chi connectivity index (χ1) is 15.3. The van der Waals surface area contributed by atoms with E-state index in [1.54, 1.807) is 0 Å². The van der Waals surface area contributed by atoms with E-state index in [0.717, 1.165) is 12.8 Å². The molecule has 10 heteroatoms. The minimum atomic E-state index is -0.704. The van der Waals surface area contributed by atoms with Gasteiger partial charge in [-0.2, -0.15) is 10.2 Å². The lowest BCUT2D eigenvalue weighted by Gasteiger charge is -2.22. The lowest BCUT2D eigenvalue weighted by atomic mass is 10.1. The molecule has 3 aromatic rings. The fraction of sp³-hybridized carbons (Fsp3) is 0.409. The Morgan fingerprint density at radius 1 is 1.31 bits per heavy atom. The molecule has 0 aromatic carbocycles. The number of carbonyl (C=O) groups excluding carboxylic acids is 2. The molecule has 0 unspecified atom stereocenters. The van der Waals surface area contributed by atoms with E-state index in [1.165, 1.54) is 28.6 Å². The van der Waals surface area contributed by atoms with Crippen molar-refractivity contribution in [3.63, 3.8) is 0 Å². The Morgan fingerprint density at radius 3 is 2.78 bits per heavy atom. The van der Waals surface area contributed by atoms with Crippen LogP contribution in [0.4, 0.5) is 11.5 Å². The van der Waals surface area contributed by atoms with Gasteiger partial charge in [0.1, 0.15) is 5.82 Å². The standard InChI is InChI=1S/C14H20N6O2.C8H10N2/c1-4-20(7-8(2)3)14(22)13(21)18-10-6-16-12(15)9-5-17-19-11(9)10;1-10-8-5-3-2-4-7(8)6-9-10/h5-6,8H,4,7H2,1-3H3,(H2,15,16)(H,17,19)(H,18,21);2,4,6H,3,5H2,1H3. The Kier molecular flexibility index (Phi) is 7.24. The molecule has 0 spiro atoms. The van der Waals surface area contributed by atoms with Crippen LogP contribution in [0.1, 0.15) is 38.4 Å². The summed E-state index contributed by atoms with van der Waals surface area (Å²) >= 11 is 0. The van der Waals surface area contributed by atoms with Crippen LogP contribution >= 0.6 is 0 Å². The average Bonchev–Trinajstić information content (AvgIpc) is 3.42. The van der Waals surface area contributed by atoms with Crippen molar-refractivity contribution >= 4 is 40.3 Å². The van der Waals surface area contributed by atoms with Crippen molar-refractivity contribution in [1.82, 2.24) is 29.9 Å². The summed E-state index contributed by atoms with van der Waals surface area (Å²) in [7, 11) is 2.00. The summed E-state index contributed by atoms with van der Waals surface area (Å²) in [6, 6.07) is 0. The summed E-state index contributed by atoms with van der Waals surface area (Å²) < 4.78 is 1.96. The van der Waals surface area contributed by atoms with Gasteiger partial charge in [-0.15, -0.1) is 0 Å². The monoisotopic (exact) mass is 438 g/mol. The number of aryl methyl sites for hydroxylation is 1. The van der Waals surface area contributed by atoms with Gasteiger partial charge in [0.25, 0.3) is 0 Å². The van der Waals surface area contributed by atoms with Crippen molar-refractivity contribution in [2.24, 2.45) is 13.0 Å². The van der Waals surface area contributed by atoms with Crippen LogP contribution in [0.5, 0.6) is 0 Å². The molecule has 0 radical (unpaired) electrons. The number of rotatable bonds is 4. The van der Waals surface area contributed by atoms with Crippen molar-refractivity contribution in [2.75, 3.05) is 24.1 Å². The predicted molar refractivity (Wildman–Crippen MR) is 125 cm³/mol. The first-order valence-electron chi connectivity index (χ1n) is 10.7. The third kappa shape index (κ3) is 5.13. The molecule has 10 nitrogen and oxygen atoms in total. The maximum absolute atomic E-state index is 12.2. The number of anilines is 2. The number of amides is 2. The summed E-state index contributed by atoms with van der Waals surface area (Å²) in [5, 5.41) is 13.9. The average molecular weight is 439 g/mol. The Balaban J connectivity index is 0.000000238. The summed E-state index contributed by atoms with van der Waals surface area (Å²) in [5.74, 6) is -0.678. The molecular weight excluding hydrogens is 408 g/mol. The molecule has 0 atom stereocenters. The van der Waals surface area contributed by atoms with Gasteiger partial charge >= 0.3 is 11.8 Å². The maximum Gasteiger partial charge on any atom is 0.314 e. The number of fused-ring (bicyclic) bond motifs is 2. The fourth-order valence-corrected chi connectivity index (χ4v) is 3.52. The number of pyridine rings is 1. The zero-order chi connectivity index (χ0) is 23.3. The number of allylic oxidation sites excluding steroid dienone is 1. The van der Waals surface area contributed by atoms with Crippen molar-refractivity contribution in [2.45, 2.75) is 33.6 Å². The lowest BCUT2D eigenvalue weighted by Crippen LogP contribution is -2.41. The highest BCUT2D eigenvalue weighted by molar-refractivity contribution is 6.40. The lowest BCUT2D eigenvalue weighted by molar-refractivity contribution is -0.143. The minimum Gasteiger partial charge on any atom is -0.383 e. The zero-order valence-electron chi connectivity index (χ0n) is 18.9. The van der Waals surface area contributed by atoms with Gasteiger partial charge in [0, 0.05) is 31.4 Å². The van der Waals surface area contributed by atoms with Gasteiger partial charge in [-0.1, -0.05) is 26.0 Å². The Morgan fingerprint density at radius 2 is 2.09 bits per heavy atom. The smallest absolute Gasteiger partial charge is 0.314 e. The Hall–Kier alpha value is -3.69. The minimum absolute atomic E-state index is 0.286. The van der Waals surface area contributed by atoms with Crippen molar-refractivity contribution < 1.29 is 9.59 Å². The van der Waals surface area contributed by atoms with Gasteiger partial charge in [0.15, 0.2) is 0 Å². The number of carbonyl (C=O) groups is 2. The van der Waals surface area contributed by atoms with Crippen LogP contribution in [0, 0.1) is 5.92 Å². The third-order valence-electron chi connectivity index (χ3n) is 5.15. The fourth-order valence-electron chi connectivity index (χ4n) is 3.52. The Bertz CT molecular complexity index is 1130. The highest BCUT2D eigenvalue weighted by Gasteiger charge is 2.22. The van der Waals surface area contributed by atoms with Crippen molar-refractivity contribution in [1.29, 1.82) is 0 Å². The molecule has 4 rings (SSSR count). The van der Waals surface area contributed by atoms with Crippen molar-refractivity contribution in [3.05, 3.63) is 35.9 Å². The molecule has 4 N–H and O–H groups in total. The van der Waals surface area contributed by atoms with Gasteiger partial charge in [0.05, 0.1) is 35.2 Å². The molecule has 2 amide bonds. The molecule has 170 valence electrons. The number of nitrogens with one attached hydrogen (secondary N) is 2. The molecule has 1 aliphatic rings. The number of hydrogen-bond donors (Lipinski definition) is 3. The number of nitrogens with two attached hydrogens (primary N) is 1. The molecule has 0 aliphatic heterocycles. The molecule has 3 heterocycles. The molecule has 0 saturated carbocycles. The van der Waals surface area contributed by atoms with Crippen LogP contribution in [0.3, 0.4) is 0 Å². The predicted octanol–water partition coefficient (Wildman–Crippen LogP) is 2.36.